The van der Waals surface area contributed by atoms with Crippen LogP contribution in [-0.4, -0.2) is 126 Å². The van der Waals surface area contributed by atoms with Crippen LogP contribution in [0, 0.1) is 6.92 Å². The summed E-state index contributed by atoms with van der Waals surface area (Å²) in [5.41, 5.74) is 8.33. The number of aromatic nitrogens is 2. The Kier molecular flexibility index (Phi) is 20.1. The highest BCUT2D eigenvalue weighted by molar-refractivity contribution is 8.04. The minimum atomic E-state index is -4.27. The maximum Gasteiger partial charge on any atom is 0.333 e. The van der Waals surface area contributed by atoms with Crippen molar-refractivity contribution in [3.05, 3.63) is 173 Å². The maximum absolute atomic E-state index is 12.5. The number of amides is 2. The lowest BCUT2D eigenvalue weighted by molar-refractivity contribution is -0.916. The second-order valence-corrected chi connectivity index (χ2v) is 26.7. The number of fused-ring (bicyclic) bond motifs is 4. The molecule has 15 nitrogen and oxygen atoms in total. The Bertz CT molecular complexity index is 3510. The largest absolute Gasteiger partial charge is 0.744 e. The number of benzene rings is 5. The molecular formula is C66H78N7O8S3+3. The topological polar surface area (TPSA) is 144 Å². The van der Waals surface area contributed by atoms with Gasteiger partial charge in [-0.1, -0.05) is 96.2 Å². The fourth-order valence-corrected chi connectivity index (χ4v) is 13.8. The molecule has 0 spiro atoms. The Balaban J connectivity index is 0.000000691. The predicted octanol–water partition coefficient (Wildman–Crippen LogP) is 10.7. The second kappa shape index (κ2) is 27.4. The van der Waals surface area contributed by atoms with Crippen molar-refractivity contribution in [3.8, 4) is 0 Å². The summed E-state index contributed by atoms with van der Waals surface area (Å²) in [6, 6.07) is 45.0. The van der Waals surface area contributed by atoms with Crippen LogP contribution < -0.4 is 18.9 Å². The fraction of sp³-hybridized carbons (Fsp3) is 0.348. The number of hydroxylamine groups is 2. The molecule has 0 unspecified atom stereocenters. The molecule has 18 heteroatoms. The molecule has 0 bridgehead atoms. The van der Waals surface area contributed by atoms with E-state index in [1.54, 1.807) is 12.1 Å². The number of anilines is 2. The zero-order valence-corrected chi connectivity index (χ0v) is 51.8. The lowest BCUT2D eigenvalue weighted by atomic mass is 10.1. The van der Waals surface area contributed by atoms with Crippen molar-refractivity contribution in [2.45, 2.75) is 92.2 Å². The van der Waals surface area contributed by atoms with Crippen LogP contribution in [0.3, 0.4) is 0 Å². The molecule has 0 saturated carbocycles. The first-order valence-electron chi connectivity index (χ1n) is 28.8. The quantitative estimate of drug-likeness (QED) is 0.0198. The van der Waals surface area contributed by atoms with Gasteiger partial charge >= 0.3 is 5.97 Å². The molecule has 440 valence electrons. The Morgan fingerprint density at radius 2 is 1.10 bits per heavy atom. The minimum Gasteiger partial charge on any atom is -0.744 e. The highest BCUT2D eigenvalue weighted by atomic mass is 32.2. The van der Waals surface area contributed by atoms with Gasteiger partial charge in [-0.05, 0) is 91.6 Å². The van der Waals surface area contributed by atoms with E-state index in [9.17, 15) is 27.4 Å². The molecule has 10 rings (SSSR count). The van der Waals surface area contributed by atoms with Gasteiger partial charge in [-0.3, -0.25) is 9.59 Å². The smallest absolute Gasteiger partial charge is 0.333 e. The van der Waals surface area contributed by atoms with Gasteiger partial charge in [0.25, 0.3) is 11.8 Å². The zero-order chi connectivity index (χ0) is 59.6. The Labute approximate surface area is 503 Å². The number of rotatable bonds is 23. The molecule has 84 heavy (non-hydrogen) atoms. The molecule has 0 atom stereocenters. The predicted molar refractivity (Wildman–Crippen MR) is 333 cm³/mol. The van der Waals surface area contributed by atoms with Crippen molar-refractivity contribution in [1.29, 1.82) is 0 Å². The van der Waals surface area contributed by atoms with Crippen LogP contribution in [0.4, 0.5) is 11.4 Å². The fourth-order valence-electron chi connectivity index (χ4n) is 11.1. The number of quaternary nitrogens is 2. The lowest BCUT2D eigenvalue weighted by Gasteiger charge is -2.37. The van der Waals surface area contributed by atoms with Crippen molar-refractivity contribution in [2.24, 2.45) is 0 Å². The molecule has 0 N–H and O–H groups in total. The first-order chi connectivity index (χ1) is 40.2. The van der Waals surface area contributed by atoms with E-state index in [4.69, 9.17) is 9.57 Å². The number of thioether (sulfide) groups is 2. The number of carbonyl (C=O) groups is 3. The molecule has 3 aliphatic rings. The molecule has 0 radical (unpaired) electrons. The van der Waals surface area contributed by atoms with Gasteiger partial charge in [-0.25, -0.2) is 13.2 Å². The van der Waals surface area contributed by atoms with Gasteiger partial charge in [0.15, 0.2) is 31.6 Å². The summed E-state index contributed by atoms with van der Waals surface area (Å²) in [5, 5.41) is 5.57. The van der Waals surface area contributed by atoms with Crippen LogP contribution in [0.25, 0.3) is 34.0 Å². The average molecular weight is 1190 g/mol. The van der Waals surface area contributed by atoms with Crippen LogP contribution in [0.5, 0.6) is 0 Å². The number of carbonyl (C=O) groups excluding carboxylic acids is 3. The van der Waals surface area contributed by atoms with Crippen molar-refractivity contribution in [2.75, 3.05) is 84.9 Å². The number of aryl methyl sites for hydroxylation is 3. The van der Waals surface area contributed by atoms with Gasteiger partial charge in [-0.15, -0.1) is 5.06 Å². The normalized spacial score (nSPS) is 15.7. The SMILES string of the molecule is CN1C(=Cc2cc[n+](CCC[N+](C)(C)CC(C[N+](C)(C)CCC[n+]3ccc(C=C4Sc5ccccc5N4C)c4ccccc43)OCCCCCC(=O)ON3C(=O)CCC3=O)c3ccccc23)Sc2ccccc21.Cc1ccc(S(=O)(=O)[O-])cc1. The summed E-state index contributed by atoms with van der Waals surface area (Å²) in [7, 11) is 9.33. The van der Waals surface area contributed by atoms with E-state index in [0.29, 0.717) is 18.1 Å². The zero-order valence-electron chi connectivity index (χ0n) is 49.3. The van der Waals surface area contributed by atoms with E-state index in [2.05, 4.69) is 195 Å². The van der Waals surface area contributed by atoms with Gasteiger partial charge in [-0.2, -0.15) is 9.13 Å². The Morgan fingerprint density at radius 3 is 1.57 bits per heavy atom. The summed E-state index contributed by atoms with van der Waals surface area (Å²) < 4.78 is 44.4. The molecule has 0 aliphatic carbocycles. The molecule has 5 aromatic carbocycles. The van der Waals surface area contributed by atoms with Crippen molar-refractivity contribution >= 4 is 96.8 Å². The first-order valence-corrected chi connectivity index (χ1v) is 31.9. The maximum atomic E-state index is 12.5. The molecular weight excluding hydrogens is 1110 g/mol. The van der Waals surface area contributed by atoms with Crippen LogP contribution in [0.1, 0.15) is 68.1 Å². The standard InChI is InChI=1S/C59H71N7O5S2.C7H8O3S/c1-60-51-24-13-15-26-53(51)72-57(60)40-44-31-35-62(49-22-11-9-20-47(44)49)33-18-37-65(3,4)42-46(70-39-17-7-8-28-59(69)71-64-55(67)29-30-56(64)68)43-66(5,6)38-19-34-63-36-32-45(48-21-10-12-23-50(48)63)41-58-61(2)52-25-14-16-27-54(52)73-58;1-6-2-4-7(5-3-6)11(8,9)10/h9-16,20-27,31-32,35-36,40-41,46H,7-8,17-19,28-30,33-34,37-39,42-43H2,1-6H3;2-5H,1H3,(H,8,9,10)/q+4;/p-1. The Hall–Kier alpha value is -6.90. The number of hydrogen-bond donors (Lipinski definition) is 0. The van der Waals surface area contributed by atoms with Gasteiger partial charge in [0.2, 0.25) is 11.0 Å². The van der Waals surface area contributed by atoms with E-state index < -0.39 is 27.9 Å². The van der Waals surface area contributed by atoms with E-state index in [1.165, 1.54) is 76.3 Å². The van der Waals surface area contributed by atoms with E-state index >= 15 is 0 Å². The third-order valence-corrected chi connectivity index (χ3v) is 18.8. The monoisotopic (exact) mass is 1190 g/mol. The van der Waals surface area contributed by atoms with Gasteiger partial charge in [0, 0.05) is 74.0 Å². The van der Waals surface area contributed by atoms with Crippen molar-refractivity contribution < 1.29 is 55.0 Å². The highest BCUT2D eigenvalue weighted by Crippen LogP contribution is 2.47. The number of unbranched alkanes of at least 4 members (excludes halogenated alkanes) is 2. The molecule has 3 aliphatic heterocycles. The van der Waals surface area contributed by atoms with Gasteiger partial charge < -0.3 is 32.9 Å². The van der Waals surface area contributed by atoms with Crippen LogP contribution in [0.2, 0.25) is 0 Å². The van der Waals surface area contributed by atoms with E-state index in [-0.39, 0.29) is 30.3 Å². The van der Waals surface area contributed by atoms with Gasteiger partial charge in [0.05, 0.1) is 91.2 Å². The van der Waals surface area contributed by atoms with E-state index in [1.807, 2.05) is 30.4 Å². The van der Waals surface area contributed by atoms with Gasteiger partial charge in [0.1, 0.15) is 23.2 Å². The van der Waals surface area contributed by atoms with Crippen molar-refractivity contribution in [1.82, 2.24) is 5.06 Å². The summed E-state index contributed by atoms with van der Waals surface area (Å²) in [4.78, 5) is 48.4. The molecule has 7 aromatic rings. The minimum absolute atomic E-state index is 0.0132. The summed E-state index contributed by atoms with van der Waals surface area (Å²) in [5.74, 6) is -1.46. The number of nitrogens with zero attached hydrogens (tertiary/aromatic N) is 7. The number of imide groups is 1. The summed E-state index contributed by atoms with van der Waals surface area (Å²) in [6.07, 6.45) is 13.6. The lowest BCUT2D eigenvalue weighted by Crippen LogP contribution is -2.54. The number of para-hydroxylation sites is 4. The Morgan fingerprint density at radius 1 is 0.631 bits per heavy atom. The molecule has 1 saturated heterocycles. The summed E-state index contributed by atoms with van der Waals surface area (Å²) >= 11 is 3.64. The molecule has 2 amide bonds. The highest BCUT2D eigenvalue weighted by Gasteiger charge is 2.34. The number of hydrogen-bond acceptors (Lipinski definition) is 12. The first kappa shape index (κ1) is 61.7. The molecule has 1 fully saturated rings. The summed E-state index contributed by atoms with van der Waals surface area (Å²) in [6.45, 7) is 7.93. The number of ether oxygens (including phenoxy) is 1. The van der Waals surface area contributed by atoms with Crippen molar-refractivity contribution in [3.63, 3.8) is 0 Å². The number of pyridine rings is 2. The third-order valence-electron chi connectivity index (χ3n) is 15.6. The van der Waals surface area contributed by atoms with E-state index in [0.717, 1.165) is 79.5 Å². The van der Waals surface area contributed by atoms with Crippen LogP contribution >= 0.6 is 23.5 Å². The third kappa shape index (κ3) is 15.9. The van der Waals surface area contributed by atoms with Crippen LogP contribution in [-0.2, 0) is 47.2 Å². The second-order valence-electron chi connectivity index (χ2n) is 23.2. The molecule has 2 aromatic heterocycles. The average Bonchev–Trinajstić information content (AvgIpc) is 3.80. The number of likely N-dealkylation sites (N-methyl/N-ethyl adjacent to an activating group) is 2. The van der Waals surface area contributed by atoms with Crippen LogP contribution in [0.15, 0.2) is 171 Å². The molecule has 5 heterocycles.